The highest BCUT2D eigenvalue weighted by Gasteiger charge is 2.34. The molecule has 0 fully saturated rings. The van der Waals surface area contributed by atoms with Crippen LogP contribution in [0.15, 0.2) is 97.1 Å². The molecule has 12 rings (SSSR count). The van der Waals surface area contributed by atoms with Crippen LogP contribution in [0.1, 0.15) is 106 Å². The second-order valence-corrected chi connectivity index (χ2v) is 31.6. The third-order valence-corrected chi connectivity index (χ3v) is 19.0. The first-order valence-corrected chi connectivity index (χ1v) is 40.3. The molecule has 33 nitrogen and oxygen atoms in total. The largest absolute Gasteiger partial charge is 0.447 e. The van der Waals surface area contributed by atoms with E-state index in [4.69, 9.17) is 96.7 Å². The number of ether oxygens (including phenoxy) is 12. The fraction of sp³-hybridized carbons (Fsp3) is 0.518. The first-order valence-electron chi connectivity index (χ1n) is 40.3. The van der Waals surface area contributed by atoms with E-state index in [9.17, 15) is 25.2 Å². The molecule has 118 heavy (non-hydrogen) atoms. The molecule has 0 atom stereocenters. The molecule has 0 bridgehead atoms. The first kappa shape index (κ1) is 87.8. The van der Waals surface area contributed by atoms with Crippen molar-refractivity contribution in [2.24, 2.45) is 5.41 Å². The lowest BCUT2D eigenvalue weighted by Gasteiger charge is -2.33. The summed E-state index contributed by atoms with van der Waals surface area (Å²) in [4.78, 5) is 53.7. The molecule has 8 heterocycles. The minimum absolute atomic E-state index is 0.0155. The second kappa shape index (κ2) is 40.0. The predicted molar refractivity (Wildman–Crippen MR) is 451 cm³/mol. The lowest BCUT2D eigenvalue weighted by molar-refractivity contribution is -0.119. The molecule has 0 spiro atoms. The fourth-order valence-electron chi connectivity index (χ4n) is 14.1. The topological polar surface area (TPSA) is 380 Å². The van der Waals surface area contributed by atoms with Gasteiger partial charge in [0.1, 0.15) is 98.6 Å². The van der Waals surface area contributed by atoms with Gasteiger partial charge in [0.15, 0.2) is 23.3 Å². The highest BCUT2D eigenvalue weighted by molar-refractivity contribution is 6.11. The van der Waals surface area contributed by atoms with Crippen molar-refractivity contribution < 1.29 is 82.1 Å². The maximum Gasteiger partial charge on any atom is 0.412 e. The van der Waals surface area contributed by atoms with Crippen molar-refractivity contribution in [2.45, 2.75) is 158 Å². The number of pyridine rings is 4. The highest BCUT2D eigenvalue weighted by Crippen LogP contribution is 2.37. The number of aromatic nitrogens is 12. The summed E-state index contributed by atoms with van der Waals surface area (Å²) in [5.41, 5.74) is 2.67. The Morgan fingerprint density at radius 2 is 0.576 bits per heavy atom. The van der Waals surface area contributed by atoms with Crippen LogP contribution in [0.4, 0.5) is 28.1 Å². The van der Waals surface area contributed by atoms with Gasteiger partial charge in [-0.1, -0.05) is 72.8 Å². The number of carbonyl (C=O) groups excluding carboxylic acids is 1. The van der Waals surface area contributed by atoms with Crippen LogP contribution in [0.3, 0.4) is 0 Å². The molecule has 0 unspecified atom stereocenters. The number of aliphatic hydroxyl groups is 4. The Bertz CT molecular complexity index is 4950. The summed E-state index contributed by atoms with van der Waals surface area (Å²) in [6, 6.07) is 30.9. The van der Waals surface area contributed by atoms with Gasteiger partial charge in [0.2, 0.25) is 0 Å². The number of nitrogens with one attached hydrogen (secondary N) is 4. The summed E-state index contributed by atoms with van der Waals surface area (Å²) < 4.78 is 82.0. The number of nitrogens with zero attached hydrogens (tertiary/aromatic N) is 12. The molecular formula is C85H114N16O17. The number of hydrogen-bond donors (Lipinski definition) is 8. The standard InChI is InChI=1S/C85H114N16O17/c1-13-107-41-64-93-68-72(98(64)45-81(5,6)103)56-25-17-21-29-60(56)89-76(68)86-53-115-36-33-111-49-85(50-112-34-37-116-54-87-77-69-73(57-26-18-22-30-61(57)90-77)99(46-82(7,8)104)65(94-69)42-108-14-2,51-113-35-38-117-55-88-78-70-74(58-27-19-23-31-62(58)91-78)100(47-83(9,10)105)66(95-70)43-109-15-3)52-114-39-40-118-80(102)97-79-71-75(59-28-20-24-32-63(59)92-79)101(48-84(11,12)106)67(96-71)44-110-16-4/h17-32,103-106H,13-16,33-55H2,1-12H3,(H,86,89)(H,87,90)(H,88,91)(H,92,97,102). The van der Waals surface area contributed by atoms with Crippen molar-refractivity contribution in [2.75, 3.05) is 147 Å². The molecule has 0 aliphatic heterocycles. The van der Waals surface area contributed by atoms with Crippen LogP contribution in [0.5, 0.6) is 0 Å². The lowest BCUT2D eigenvalue weighted by Crippen LogP contribution is -2.43. The number of fused-ring (bicyclic) bond motifs is 12. The van der Waals surface area contributed by atoms with Crippen molar-refractivity contribution in [1.29, 1.82) is 0 Å². The summed E-state index contributed by atoms with van der Waals surface area (Å²) in [6.07, 6.45) is -0.802. The van der Waals surface area contributed by atoms with Crippen LogP contribution >= 0.6 is 0 Å². The molecule has 0 saturated carbocycles. The second-order valence-electron chi connectivity index (χ2n) is 31.6. The lowest BCUT2D eigenvalue weighted by atomic mass is 9.92. The zero-order valence-electron chi connectivity index (χ0n) is 69.8. The Morgan fingerprint density at radius 1 is 0.331 bits per heavy atom. The van der Waals surface area contributed by atoms with Gasteiger partial charge in [-0.3, -0.25) is 5.32 Å². The van der Waals surface area contributed by atoms with Gasteiger partial charge in [-0.25, -0.2) is 44.7 Å². The first-order chi connectivity index (χ1) is 56.7. The Kier molecular flexibility index (Phi) is 29.8. The van der Waals surface area contributed by atoms with Gasteiger partial charge in [0, 0.05) is 48.0 Å². The molecule has 0 aliphatic carbocycles. The predicted octanol–water partition coefficient (Wildman–Crippen LogP) is 11.4. The highest BCUT2D eigenvalue weighted by atomic mass is 16.6. The molecule has 0 radical (unpaired) electrons. The number of imidazole rings is 4. The van der Waals surface area contributed by atoms with Gasteiger partial charge >= 0.3 is 6.09 Å². The van der Waals surface area contributed by atoms with E-state index in [0.29, 0.717) is 100 Å². The van der Waals surface area contributed by atoms with E-state index in [1.807, 2.05) is 143 Å². The van der Waals surface area contributed by atoms with Gasteiger partial charge in [-0.2, -0.15) is 0 Å². The number of amides is 1. The average Bonchev–Trinajstić information content (AvgIpc) is 1.56. The van der Waals surface area contributed by atoms with E-state index >= 15 is 0 Å². The van der Waals surface area contributed by atoms with E-state index < -0.39 is 33.9 Å². The number of para-hydroxylation sites is 4. The summed E-state index contributed by atoms with van der Waals surface area (Å²) in [5.74, 6) is 4.13. The molecule has 8 aromatic heterocycles. The van der Waals surface area contributed by atoms with Crippen LogP contribution < -0.4 is 21.3 Å². The zero-order chi connectivity index (χ0) is 83.6. The van der Waals surface area contributed by atoms with Gasteiger partial charge in [0.25, 0.3) is 0 Å². The molecule has 4 aromatic carbocycles. The Morgan fingerprint density at radius 3 is 0.847 bits per heavy atom. The third-order valence-electron chi connectivity index (χ3n) is 19.0. The number of anilines is 4. The van der Waals surface area contributed by atoms with Crippen molar-refractivity contribution in [1.82, 2.24) is 58.1 Å². The van der Waals surface area contributed by atoms with E-state index in [1.165, 1.54) is 0 Å². The van der Waals surface area contributed by atoms with Gasteiger partial charge in [0.05, 0.1) is 171 Å². The number of hydrogen-bond acceptors (Lipinski definition) is 28. The number of carbonyl (C=O) groups is 1. The molecule has 0 saturated heterocycles. The number of rotatable bonds is 50. The molecular weight excluding hydrogens is 1520 g/mol. The molecule has 12 aromatic rings. The SMILES string of the molecule is CCOCc1nc2c(NCOCCOCC(COCCOCNc3nc4ccccc4c4c3nc(COCC)n4CC(C)(C)O)(COCCOCNc3nc4ccccc4c4c3nc(COCC)n4CC(C)(C)O)COCCOC(=O)Nc3nc4ccccc4c4c3nc(COCC)n4CC(C)(C)O)nc3ccccc3c2n1CC(C)(C)O. The van der Waals surface area contributed by atoms with Crippen molar-refractivity contribution in [3.8, 4) is 0 Å². The quantitative estimate of drug-likeness (QED) is 0.0130. The minimum Gasteiger partial charge on any atom is -0.447 e. The van der Waals surface area contributed by atoms with E-state index in [2.05, 4.69) is 21.3 Å². The monoisotopic (exact) mass is 1630 g/mol. The van der Waals surface area contributed by atoms with Crippen LogP contribution in [-0.2, 0) is 109 Å². The summed E-state index contributed by atoms with van der Waals surface area (Å²) >= 11 is 0. The molecule has 8 N–H and O–H groups in total. The summed E-state index contributed by atoms with van der Waals surface area (Å²) in [7, 11) is 0. The van der Waals surface area contributed by atoms with Crippen LogP contribution in [0, 0.1) is 5.41 Å². The zero-order valence-corrected chi connectivity index (χ0v) is 69.8. The third kappa shape index (κ3) is 22.7. The van der Waals surface area contributed by atoms with Crippen LogP contribution in [0.2, 0.25) is 0 Å². The molecule has 33 heteroatoms. The van der Waals surface area contributed by atoms with E-state index in [1.54, 1.807) is 55.4 Å². The number of benzene rings is 4. The van der Waals surface area contributed by atoms with Gasteiger partial charge in [-0.05, 0) is 107 Å². The Hall–Kier alpha value is -9.53. The van der Waals surface area contributed by atoms with Gasteiger partial charge < -0.3 is 111 Å². The fourth-order valence-corrected chi connectivity index (χ4v) is 14.1. The van der Waals surface area contributed by atoms with Crippen LogP contribution in [-0.4, -0.2) is 233 Å². The Labute approximate surface area is 685 Å². The minimum atomic E-state index is -1.13. The maximum absolute atomic E-state index is 13.9. The van der Waals surface area contributed by atoms with Crippen molar-refractivity contribution >= 4 is 117 Å². The normalized spacial score (nSPS) is 12.7. The van der Waals surface area contributed by atoms with Crippen molar-refractivity contribution in [3.05, 3.63) is 120 Å². The summed E-state index contributed by atoms with van der Waals surface area (Å²) in [5, 5.41) is 60.8. The maximum atomic E-state index is 13.9. The molecule has 1 amide bonds. The van der Waals surface area contributed by atoms with Crippen molar-refractivity contribution in [3.63, 3.8) is 0 Å². The smallest absolute Gasteiger partial charge is 0.412 e. The molecule has 0 aliphatic rings. The van der Waals surface area contributed by atoms with Crippen LogP contribution in [0.25, 0.3) is 87.7 Å². The summed E-state index contributed by atoms with van der Waals surface area (Å²) in [6.45, 7) is 26.0. The van der Waals surface area contributed by atoms with Gasteiger partial charge in [-0.15, -0.1) is 0 Å². The Balaban J connectivity index is 0.768. The average molecular weight is 1630 g/mol. The van der Waals surface area contributed by atoms with E-state index in [-0.39, 0.29) is 158 Å². The van der Waals surface area contributed by atoms with E-state index in [0.717, 1.165) is 54.6 Å². The molecule has 636 valence electrons.